The van der Waals surface area contributed by atoms with Gasteiger partial charge in [0.25, 0.3) is 5.91 Å². The quantitative estimate of drug-likeness (QED) is 0.745. The summed E-state index contributed by atoms with van der Waals surface area (Å²) in [5.41, 5.74) is 0.344. The van der Waals surface area contributed by atoms with Gasteiger partial charge in [0, 0.05) is 43.0 Å². The molecule has 0 spiro atoms. The summed E-state index contributed by atoms with van der Waals surface area (Å²) in [5.74, 6) is -0.269. The molecule has 2 heterocycles. The lowest BCUT2D eigenvalue weighted by Gasteiger charge is -2.32. The van der Waals surface area contributed by atoms with Gasteiger partial charge < -0.3 is 10.2 Å². The second kappa shape index (κ2) is 8.85. The van der Waals surface area contributed by atoms with Crippen LogP contribution in [0.5, 0.6) is 0 Å². The Kier molecular flexibility index (Phi) is 6.48. The number of nitrogens with one attached hydrogen (secondary N) is 2. The maximum absolute atomic E-state index is 12.8. The van der Waals surface area contributed by atoms with E-state index in [1.807, 2.05) is 17.5 Å². The molecule has 0 saturated carbocycles. The first-order valence-corrected chi connectivity index (χ1v) is 11.4. The fraction of sp³-hybridized carbons (Fsp3) is 0.368. The lowest BCUT2D eigenvalue weighted by atomic mass is 10.0. The number of carbonyl (C=O) groups is 2. The molecule has 2 amide bonds. The highest BCUT2D eigenvalue weighted by molar-refractivity contribution is 7.89. The third kappa shape index (κ3) is 5.18. The third-order valence-corrected chi connectivity index (χ3v) is 6.87. The van der Waals surface area contributed by atoms with Crippen molar-refractivity contribution in [2.45, 2.75) is 37.2 Å². The molecule has 1 aromatic carbocycles. The second-order valence-corrected chi connectivity index (χ2v) is 9.50. The number of hydrogen-bond acceptors (Lipinski definition) is 5. The Labute approximate surface area is 168 Å². The Hall–Kier alpha value is -2.23. The van der Waals surface area contributed by atoms with Crippen molar-refractivity contribution in [2.24, 2.45) is 0 Å². The lowest BCUT2D eigenvalue weighted by Crippen LogP contribution is -2.46. The van der Waals surface area contributed by atoms with E-state index in [4.69, 9.17) is 0 Å². The molecule has 0 radical (unpaired) electrons. The number of hydrogen-bond donors (Lipinski definition) is 2. The molecule has 0 aliphatic carbocycles. The standard InChI is InChI=1S/C19H23N3O4S2/c1-14(23)21-16-7-9-22(10-8-16)19(24)15-4-2-6-18(12-15)28(25,26)20-13-17-5-3-11-27-17/h2-6,11-12,16,20H,7-10,13H2,1H3,(H,21,23). The van der Waals surface area contributed by atoms with Gasteiger partial charge in [-0.25, -0.2) is 13.1 Å². The van der Waals surface area contributed by atoms with Gasteiger partial charge in [-0.1, -0.05) is 12.1 Å². The lowest BCUT2D eigenvalue weighted by molar-refractivity contribution is -0.119. The predicted molar refractivity (Wildman–Crippen MR) is 108 cm³/mol. The van der Waals surface area contributed by atoms with Gasteiger partial charge in [-0.3, -0.25) is 9.59 Å². The molecular weight excluding hydrogens is 398 g/mol. The van der Waals surface area contributed by atoms with E-state index in [0.717, 1.165) is 4.88 Å². The number of nitrogens with zero attached hydrogens (tertiary/aromatic N) is 1. The molecule has 3 rings (SSSR count). The van der Waals surface area contributed by atoms with E-state index in [2.05, 4.69) is 10.0 Å². The maximum atomic E-state index is 12.8. The molecule has 1 aromatic heterocycles. The van der Waals surface area contributed by atoms with Gasteiger partial charge in [-0.2, -0.15) is 0 Å². The zero-order valence-electron chi connectivity index (χ0n) is 15.6. The first-order chi connectivity index (χ1) is 13.3. The largest absolute Gasteiger partial charge is 0.353 e. The average Bonchev–Trinajstić information content (AvgIpc) is 3.20. The molecule has 1 fully saturated rings. The summed E-state index contributed by atoms with van der Waals surface area (Å²) in [6.07, 6.45) is 1.37. The van der Waals surface area contributed by atoms with E-state index in [1.165, 1.54) is 30.4 Å². The predicted octanol–water partition coefficient (Wildman–Crippen LogP) is 1.97. The number of likely N-dealkylation sites (tertiary alicyclic amines) is 1. The first-order valence-electron chi connectivity index (χ1n) is 9.03. The van der Waals surface area contributed by atoms with Crippen LogP contribution in [-0.4, -0.2) is 44.3 Å². The van der Waals surface area contributed by atoms with Crippen LogP contribution in [0.15, 0.2) is 46.7 Å². The maximum Gasteiger partial charge on any atom is 0.253 e. The minimum absolute atomic E-state index is 0.0715. The third-order valence-electron chi connectivity index (χ3n) is 4.60. The minimum Gasteiger partial charge on any atom is -0.353 e. The molecule has 0 atom stereocenters. The van der Waals surface area contributed by atoms with Crippen LogP contribution in [0.3, 0.4) is 0 Å². The summed E-state index contributed by atoms with van der Waals surface area (Å²) in [5, 5.41) is 4.76. The number of benzene rings is 1. The minimum atomic E-state index is -3.71. The Morgan fingerprint density at radius 1 is 1.18 bits per heavy atom. The second-order valence-electron chi connectivity index (χ2n) is 6.70. The summed E-state index contributed by atoms with van der Waals surface area (Å²) >= 11 is 1.48. The summed E-state index contributed by atoms with van der Waals surface area (Å²) in [4.78, 5) is 26.6. The van der Waals surface area contributed by atoms with Crippen LogP contribution in [0.2, 0.25) is 0 Å². The number of sulfonamides is 1. The van der Waals surface area contributed by atoms with E-state index in [9.17, 15) is 18.0 Å². The Morgan fingerprint density at radius 3 is 2.57 bits per heavy atom. The van der Waals surface area contributed by atoms with Crippen molar-refractivity contribution in [3.05, 3.63) is 52.2 Å². The van der Waals surface area contributed by atoms with E-state index >= 15 is 0 Å². The van der Waals surface area contributed by atoms with Crippen molar-refractivity contribution < 1.29 is 18.0 Å². The first kappa shape index (κ1) is 20.5. The van der Waals surface area contributed by atoms with Gasteiger partial charge in [0.2, 0.25) is 15.9 Å². The molecule has 28 heavy (non-hydrogen) atoms. The van der Waals surface area contributed by atoms with E-state index in [-0.39, 0.29) is 29.3 Å². The molecule has 1 aliphatic rings. The molecule has 2 aromatic rings. The molecule has 0 bridgehead atoms. The number of rotatable bonds is 6. The van der Waals surface area contributed by atoms with Crippen molar-refractivity contribution in [1.82, 2.24) is 14.9 Å². The highest BCUT2D eigenvalue weighted by Crippen LogP contribution is 2.18. The highest BCUT2D eigenvalue weighted by Gasteiger charge is 2.25. The number of amides is 2. The average molecular weight is 422 g/mol. The Balaban J connectivity index is 1.65. The zero-order valence-corrected chi connectivity index (χ0v) is 17.2. The molecule has 9 heteroatoms. The van der Waals surface area contributed by atoms with Crippen LogP contribution in [-0.2, 0) is 21.4 Å². The van der Waals surface area contributed by atoms with Crippen LogP contribution >= 0.6 is 11.3 Å². The molecule has 1 aliphatic heterocycles. The molecule has 150 valence electrons. The van der Waals surface area contributed by atoms with Crippen molar-refractivity contribution >= 4 is 33.2 Å². The van der Waals surface area contributed by atoms with Crippen molar-refractivity contribution in [3.8, 4) is 0 Å². The van der Waals surface area contributed by atoms with Gasteiger partial charge in [0.15, 0.2) is 0 Å². The van der Waals surface area contributed by atoms with Gasteiger partial charge in [-0.05, 0) is 42.5 Å². The van der Waals surface area contributed by atoms with Crippen molar-refractivity contribution in [3.63, 3.8) is 0 Å². The van der Waals surface area contributed by atoms with Crippen LogP contribution in [0.25, 0.3) is 0 Å². The van der Waals surface area contributed by atoms with E-state index < -0.39 is 10.0 Å². The molecule has 1 saturated heterocycles. The topological polar surface area (TPSA) is 95.6 Å². The molecule has 0 unspecified atom stereocenters. The summed E-state index contributed by atoms with van der Waals surface area (Å²) in [6, 6.07) is 9.91. The summed E-state index contributed by atoms with van der Waals surface area (Å²) < 4.78 is 27.7. The molecule has 2 N–H and O–H groups in total. The fourth-order valence-electron chi connectivity index (χ4n) is 3.16. The van der Waals surface area contributed by atoms with Crippen molar-refractivity contribution in [2.75, 3.05) is 13.1 Å². The number of carbonyl (C=O) groups excluding carboxylic acids is 2. The van der Waals surface area contributed by atoms with E-state index in [1.54, 1.807) is 17.0 Å². The van der Waals surface area contributed by atoms with Crippen LogP contribution < -0.4 is 10.0 Å². The highest BCUT2D eigenvalue weighted by atomic mass is 32.2. The van der Waals surface area contributed by atoms with Gasteiger partial charge in [-0.15, -0.1) is 11.3 Å². The fourth-order valence-corrected chi connectivity index (χ4v) is 4.94. The summed E-state index contributed by atoms with van der Waals surface area (Å²) in [6.45, 7) is 2.75. The number of thiophene rings is 1. The van der Waals surface area contributed by atoms with Gasteiger partial charge in [0.1, 0.15) is 0 Å². The van der Waals surface area contributed by atoms with Gasteiger partial charge in [0.05, 0.1) is 4.90 Å². The Morgan fingerprint density at radius 2 is 1.93 bits per heavy atom. The smallest absolute Gasteiger partial charge is 0.253 e. The molecule has 7 nitrogen and oxygen atoms in total. The van der Waals surface area contributed by atoms with Crippen molar-refractivity contribution in [1.29, 1.82) is 0 Å². The normalized spacial score (nSPS) is 15.4. The van der Waals surface area contributed by atoms with Crippen LogP contribution in [0, 0.1) is 0 Å². The monoisotopic (exact) mass is 421 g/mol. The number of piperidine rings is 1. The molecular formula is C19H23N3O4S2. The SMILES string of the molecule is CC(=O)NC1CCN(C(=O)c2cccc(S(=O)(=O)NCc3cccs3)c2)CC1. The van der Waals surface area contributed by atoms with Gasteiger partial charge >= 0.3 is 0 Å². The van der Waals surface area contributed by atoms with E-state index in [0.29, 0.717) is 31.5 Å². The summed E-state index contributed by atoms with van der Waals surface area (Å²) in [7, 11) is -3.71. The van der Waals surface area contributed by atoms with Crippen LogP contribution in [0.1, 0.15) is 35.0 Å². The Bertz CT molecular complexity index is 934. The zero-order chi connectivity index (χ0) is 20.1. The van der Waals surface area contributed by atoms with Crippen LogP contribution in [0.4, 0.5) is 0 Å².